The minimum Gasteiger partial charge on any atom is -0.378 e. The molecule has 3 amide bonds. The first-order valence-electron chi connectivity index (χ1n) is 10.6. The number of hydrogen-bond donors (Lipinski definition) is 1. The Labute approximate surface area is 176 Å². The fourth-order valence-corrected chi connectivity index (χ4v) is 4.00. The summed E-state index contributed by atoms with van der Waals surface area (Å²) in [5, 5.41) is 11.2. The highest BCUT2D eigenvalue weighted by atomic mass is 16.5. The van der Waals surface area contributed by atoms with Crippen LogP contribution in [0.5, 0.6) is 0 Å². The van der Waals surface area contributed by atoms with Crippen molar-refractivity contribution in [1.82, 2.24) is 24.8 Å². The Morgan fingerprint density at radius 2 is 1.90 bits per heavy atom. The Bertz CT molecular complexity index is 849. The molecule has 1 unspecified atom stereocenters. The van der Waals surface area contributed by atoms with Crippen molar-refractivity contribution in [3.05, 3.63) is 42.2 Å². The van der Waals surface area contributed by atoms with Crippen molar-refractivity contribution in [2.45, 2.75) is 38.3 Å². The van der Waals surface area contributed by atoms with Gasteiger partial charge in [0.15, 0.2) is 5.69 Å². The van der Waals surface area contributed by atoms with Crippen molar-refractivity contribution in [2.75, 3.05) is 38.2 Å². The van der Waals surface area contributed by atoms with Gasteiger partial charge in [0.1, 0.15) is 0 Å². The number of para-hydroxylation sites is 1. The number of anilines is 1. The van der Waals surface area contributed by atoms with E-state index in [4.69, 9.17) is 4.74 Å². The van der Waals surface area contributed by atoms with E-state index in [-0.39, 0.29) is 18.0 Å². The van der Waals surface area contributed by atoms with Crippen molar-refractivity contribution in [3.63, 3.8) is 0 Å². The Morgan fingerprint density at radius 1 is 1.10 bits per heavy atom. The number of morpholine rings is 1. The molecule has 9 heteroatoms. The molecule has 1 N–H and O–H groups in total. The van der Waals surface area contributed by atoms with Crippen LogP contribution in [0.1, 0.15) is 36.2 Å². The molecule has 30 heavy (non-hydrogen) atoms. The third kappa shape index (κ3) is 4.96. The average Bonchev–Trinajstić information content (AvgIpc) is 3.28. The smallest absolute Gasteiger partial charge is 0.322 e. The van der Waals surface area contributed by atoms with Gasteiger partial charge in [-0.05, 0) is 37.8 Å². The van der Waals surface area contributed by atoms with Gasteiger partial charge in [0.25, 0.3) is 5.91 Å². The third-order valence-corrected chi connectivity index (χ3v) is 5.66. The van der Waals surface area contributed by atoms with Crippen molar-refractivity contribution >= 4 is 17.6 Å². The molecule has 160 valence electrons. The Kier molecular flexibility index (Phi) is 6.58. The fraction of sp³-hybridized carbons (Fsp3) is 0.524. The van der Waals surface area contributed by atoms with E-state index in [2.05, 4.69) is 15.6 Å². The second kappa shape index (κ2) is 9.71. The summed E-state index contributed by atoms with van der Waals surface area (Å²) in [5.74, 6) is -0.105. The van der Waals surface area contributed by atoms with E-state index in [9.17, 15) is 9.59 Å². The number of aromatic nitrogens is 3. The molecule has 0 bridgehead atoms. The standard InChI is InChI=1S/C21H28N6O3/c28-20(25-12-14-30-15-13-25)19-16-26(24-23-19)11-9-18-8-4-5-10-27(18)21(29)22-17-6-2-1-3-7-17/h1-3,6-7,16,18H,4-5,8-15H2,(H,22,29). The lowest BCUT2D eigenvalue weighted by molar-refractivity contribution is 0.0299. The van der Waals surface area contributed by atoms with E-state index in [0.29, 0.717) is 38.5 Å². The van der Waals surface area contributed by atoms with Gasteiger partial charge < -0.3 is 19.9 Å². The van der Waals surface area contributed by atoms with Crippen LogP contribution < -0.4 is 5.32 Å². The van der Waals surface area contributed by atoms with Gasteiger partial charge in [-0.1, -0.05) is 23.4 Å². The molecule has 2 fully saturated rings. The number of benzene rings is 1. The van der Waals surface area contributed by atoms with Crippen molar-refractivity contribution in [2.24, 2.45) is 0 Å². The lowest BCUT2D eigenvalue weighted by atomic mass is 10.00. The first kappa shape index (κ1) is 20.3. The summed E-state index contributed by atoms with van der Waals surface area (Å²) in [4.78, 5) is 29.0. The molecular formula is C21H28N6O3. The molecular weight excluding hydrogens is 384 g/mol. The number of aryl methyl sites for hydroxylation is 1. The van der Waals surface area contributed by atoms with Crippen LogP contribution in [0, 0.1) is 0 Å². The number of piperidine rings is 1. The molecule has 1 aromatic carbocycles. The maximum atomic E-state index is 12.8. The molecule has 0 saturated carbocycles. The SMILES string of the molecule is O=C(c1cn(CCC2CCCCN2C(=O)Nc2ccccc2)nn1)N1CCOCC1. The highest BCUT2D eigenvalue weighted by molar-refractivity contribution is 5.92. The molecule has 1 aromatic heterocycles. The number of likely N-dealkylation sites (tertiary alicyclic amines) is 1. The molecule has 0 aliphatic carbocycles. The topological polar surface area (TPSA) is 92.6 Å². The number of ether oxygens (including phenoxy) is 1. The Balaban J connectivity index is 1.33. The Hall–Kier alpha value is -2.94. The van der Waals surface area contributed by atoms with Crippen LogP contribution in [0.3, 0.4) is 0 Å². The van der Waals surface area contributed by atoms with E-state index in [0.717, 1.165) is 37.9 Å². The number of nitrogens with one attached hydrogen (secondary N) is 1. The number of nitrogens with zero attached hydrogens (tertiary/aromatic N) is 5. The summed E-state index contributed by atoms with van der Waals surface area (Å²) in [6, 6.07) is 9.60. The van der Waals surface area contributed by atoms with Crippen LogP contribution in [-0.4, -0.2) is 75.6 Å². The number of urea groups is 1. The molecule has 2 aromatic rings. The minimum atomic E-state index is -0.105. The lowest BCUT2D eigenvalue weighted by Crippen LogP contribution is -2.46. The van der Waals surface area contributed by atoms with Crippen LogP contribution in [0.25, 0.3) is 0 Å². The highest BCUT2D eigenvalue weighted by Crippen LogP contribution is 2.21. The number of rotatable bonds is 5. The zero-order valence-electron chi connectivity index (χ0n) is 17.1. The Morgan fingerprint density at radius 3 is 2.70 bits per heavy atom. The zero-order chi connectivity index (χ0) is 20.8. The molecule has 9 nitrogen and oxygen atoms in total. The molecule has 2 aliphatic rings. The molecule has 3 heterocycles. The maximum absolute atomic E-state index is 12.8. The predicted molar refractivity (Wildman–Crippen MR) is 111 cm³/mol. The van der Waals surface area contributed by atoms with Gasteiger partial charge in [-0.3, -0.25) is 9.48 Å². The van der Waals surface area contributed by atoms with Crippen molar-refractivity contribution in [3.8, 4) is 0 Å². The largest absolute Gasteiger partial charge is 0.378 e. The molecule has 2 saturated heterocycles. The molecule has 2 aliphatic heterocycles. The van der Waals surface area contributed by atoms with Gasteiger partial charge in [-0.2, -0.15) is 0 Å². The minimum absolute atomic E-state index is 0.0623. The van der Waals surface area contributed by atoms with E-state index < -0.39 is 0 Å². The van der Waals surface area contributed by atoms with Crippen LogP contribution in [0.2, 0.25) is 0 Å². The van der Waals surface area contributed by atoms with Gasteiger partial charge in [0.2, 0.25) is 0 Å². The molecule has 1 atom stereocenters. The fourth-order valence-electron chi connectivity index (χ4n) is 4.00. The molecule has 0 radical (unpaired) electrons. The van der Waals surface area contributed by atoms with Crippen LogP contribution in [-0.2, 0) is 11.3 Å². The van der Waals surface area contributed by atoms with Gasteiger partial charge >= 0.3 is 6.03 Å². The number of amides is 3. The van der Waals surface area contributed by atoms with E-state index in [1.807, 2.05) is 35.2 Å². The van der Waals surface area contributed by atoms with E-state index >= 15 is 0 Å². The summed E-state index contributed by atoms with van der Waals surface area (Å²) in [7, 11) is 0. The monoisotopic (exact) mass is 412 g/mol. The number of hydrogen-bond acceptors (Lipinski definition) is 5. The lowest BCUT2D eigenvalue weighted by Gasteiger charge is -2.35. The summed E-state index contributed by atoms with van der Waals surface area (Å²) >= 11 is 0. The second-order valence-electron chi connectivity index (χ2n) is 7.70. The van der Waals surface area contributed by atoms with Gasteiger partial charge in [-0.25, -0.2) is 4.79 Å². The van der Waals surface area contributed by atoms with E-state index in [1.54, 1.807) is 15.8 Å². The summed E-state index contributed by atoms with van der Waals surface area (Å²) in [6.45, 7) is 3.65. The van der Waals surface area contributed by atoms with Gasteiger partial charge in [-0.15, -0.1) is 5.10 Å². The van der Waals surface area contributed by atoms with Crippen LogP contribution in [0.15, 0.2) is 36.5 Å². The summed E-state index contributed by atoms with van der Waals surface area (Å²) in [6.07, 6.45) is 5.57. The maximum Gasteiger partial charge on any atom is 0.322 e. The first-order chi connectivity index (χ1) is 14.7. The van der Waals surface area contributed by atoms with Gasteiger partial charge in [0, 0.05) is 37.9 Å². The zero-order valence-corrected chi connectivity index (χ0v) is 17.1. The predicted octanol–water partition coefficient (Wildman–Crippen LogP) is 2.23. The van der Waals surface area contributed by atoms with Crippen LogP contribution >= 0.6 is 0 Å². The second-order valence-corrected chi connectivity index (χ2v) is 7.70. The van der Waals surface area contributed by atoms with Crippen molar-refractivity contribution in [1.29, 1.82) is 0 Å². The quantitative estimate of drug-likeness (QED) is 0.813. The summed E-state index contributed by atoms with van der Waals surface area (Å²) in [5.41, 5.74) is 1.16. The van der Waals surface area contributed by atoms with Crippen molar-refractivity contribution < 1.29 is 14.3 Å². The third-order valence-electron chi connectivity index (χ3n) is 5.66. The highest BCUT2D eigenvalue weighted by Gasteiger charge is 2.27. The summed E-state index contributed by atoms with van der Waals surface area (Å²) < 4.78 is 6.99. The normalized spacial score (nSPS) is 19.5. The average molecular weight is 412 g/mol. The molecule has 0 spiro atoms. The number of carbonyl (C=O) groups is 2. The first-order valence-corrected chi connectivity index (χ1v) is 10.6. The number of carbonyl (C=O) groups excluding carboxylic acids is 2. The van der Waals surface area contributed by atoms with Gasteiger partial charge in [0.05, 0.1) is 19.4 Å². The van der Waals surface area contributed by atoms with Crippen LogP contribution in [0.4, 0.5) is 10.5 Å². The van der Waals surface area contributed by atoms with E-state index in [1.165, 1.54) is 0 Å². The molecule has 4 rings (SSSR count).